The van der Waals surface area contributed by atoms with Crippen LogP contribution in [0.2, 0.25) is 0 Å². The zero-order valence-electron chi connectivity index (χ0n) is 12.1. The van der Waals surface area contributed by atoms with Crippen molar-refractivity contribution in [1.29, 1.82) is 5.26 Å². The molecule has 1 aliphatic carbocycles. The molecule has 1 aromatic rings. The Bertz CT molecular complexity index is 469. The van der Waals surface area contributed by atoms with Gasteiger partial charge in [0.25, 0.3) is 0 Å². The highest BCUT2D eigenvalue weighted by molar-refractivity contribution is 5.33. The van der Waals surface area contributed by atoms with Gasteiger partial charge in [-0.25, -0.2) is 0 Å². The minimum Gasteiger partial charge on any atom is -0.315 e. The highest BCUT2D eigenvalue weighted by atomic mass is 14.9. The molecule has 1 aliphatic rings. The number of nitriles is 1. The molecule has 0 atom stereocenters. The number of fused-ring (bicyclic) bond motifs is 1. The highest BCUT2D eigenvalue weighted by Gasteiger charge is 2.15. The molecule has 2 nitrogen and oxygen atoms in total. The molecular weight excluding hydrogens is 232 g/mol. The average Bonchev–Trinajstić information content (AvgIpc) is 2.43. The molecule has 0 fully saturated rings. The van der Waals surface area contributed by atoms with Gasteiger partial charge in [-0.3, -0.25) is 0 Å². The Morgan fingerprint density at radius 1 is 1.21 bits per heavy atom. The molecule has 0 bridgehead atoms. The molecule has 0 saturated heterocycles. The fraction of sp³-hybridized carbons (Fsp3) is 0.588. The van der Waals surface area contributed by atoms with E-state index in [1.807, 2.05) is 13.8 Å². The number of hydrogen-bond donors (Lipinski definition) is 1. The third-order valence-electron chi connectivity index (χ3n) is 3.87. The number of nitrogens with one attached hydrogen (secondary N) is 1. The van der Waals surface area contributed by atoms with Gasteiger partial charge < -0.3 is 5.32 Å². The lowest BCUT2D eigenvalue weighted by molar-refractivity contribution is 0.447. The molecule has 0 aromatic heterocycles. The van der Waals surface area contributed by atoms with Gasteiger partial charge in [0, 0.05) is 6.54 Å². The Morgan fingerprint density at radius 3 is 2.68 bits per heavy atom. The lowest BCUT2D eigenvalue weighted by Crippen LogP contribution is -2.29. The van der Waals surface area contributed by atoms with Crippen molar-refractivity contribution >= 4 is 0 Å². The van der Waals surface area contributed by atoms with Crippen LogP contribution in [0.3, 0.4) is 0 Å². The fourth-order valence-corrected chi connectivity index (χ4v) is 2.62. The van der Waals surface area contributed by atoms with Gasteiger partial charge in [0.2, 0.25) is 0 Å². The lowest BCUT2D eigenvalue weighted by Gasteiger charge is -2.18. The van der Waals surface area contributed by atoms with Crippen molar-refractivity contribution in [3.05, 3.63) is 34.9 Å². The van der Waals surface area contributed by atoms with Gasteiger partial charge in [-0.15, -0.1) is 0 Å². The van der Waals surface area contributed by atoms with Gasteiger partial charge in [-0.2, -0.15) is 5.26 Å². The predicted molar refractivity (Wildman–Crippen MR) is 79.1 cm³/mol. The van der Waals surface area contributed by atoms with Crippen molar-refractivity contribution in [1.82, 2.24) is 5.32 Å². The predicted octanol–water partition coefficient (Wildman–Crippen LogP) is 3.25. The highest BCUT2D eigenvalue weighted by Crippen LogP contribution is 2.22. The summed E-state index contributed by atoms with van der Waals surface area (Å²) in [6.45, 7) is 5.65. The first kappa shape index (κ1) is 14.1. The first-order valence-corrected chi connectivity index (χ1v) is 7.33. The summed E-state index contributed by atoms with van der Waals surface area (Å²) in [5, 5.41) is 12.3. The van der Waals surface area contributed by atoms with Gasteiger partial charge in [0.05, 0.1) is 11.5 Å². The summed E-state index contributed by atoms with van der Waals surface area (Å²) in [6, 6.07) is 9.27. The molecule has 0 amide bonds. The topological polar surface area (TPSA) is 35.8 Å². The Morgan fingerprint density at radius 2 is 1.95 bits per heavy atom. The first-order chi connectivity index (χ1) is 9.11. The quantitative estimate of drug-likeness (QED) is 0.821. The van der Waals surface area contributed by atoms with Crippen LogP contribution >= 0.6 is 0 Å². The summed E-state index contributed by atoms with van der Waals surface area (Å²) < 4.78 is 0. The summed E-state index contributed by atoms with van der Waals surface area (Å²) in [5.74, 6) is 0. The third kappa shape index (κ3) is 4.08. The molecule has 1 aromatic carbocycles. The van der Waals surface area contributed by atoms with Crippen LogP contribution in [-0.2, 0) is 19.3 Å². The summed E-state index contributed by atoms with van der Waals surface area (Å²) in [5.41, 5.74) is 4.26. The fourth-order valence-electron chi connectivity index (χ4n) is 2.62. The molecule has 0 saturated carbocycles. The van der Waals surface area contributed by atoms with E-state index in [0.29, 0.717) is 0 Å². The van der Waals surface area contributed by atoms with Crippen LogP contribution in [0.5, 0.6) is 0 Å². The molecule has 1 N–H and O–H groups in total. The minimum absolute atomic E-state index is 0.268. The van der Waals surface area contributed by atoms with E-state index in [1.54, 1.807) is 11.1 Å². The number of hydrogen-bond acceptors (Lipinski definition) is 2. The molecule has 0 unspecified atom stereocenters. The van der Waals surface area contributed by atoms with E-state index in [9.17, 15) is 0 Å². The molecule has 102 valence electrons. The van der Waals surface area contributed by atoms with E-state index in [1.165, 1.54) is 31.2 Å². The molecule has 0 spiro atoms. The smallest absolute Gasteiger partial charge is 0.0697 e. The normalized spacial score (nSPS) is 14.8. The second-order valence-corrected chi connectivity index (χ2v) is 6.23. The molecule has 19 heavy (non-hydrogen) atoms. The van der Waals surface area contributed by atoms with Crippen molar-refractivity contribution < 1.29 is 0 Å². The van der Waals surface area contributed by atoms with Gasteiger partial charge in [0.1, 0.15) is 0 Å². The van der Waals surface area contributed by atoms with Crippen LogP contribution in [0, 0.1) is 16.7 Å². The molecule has 0 heterocycles. The molecule has 0 radical (unpaired) electrons. The first-order valence-electron chi connectivity index (χ1n) is 7.33. The summed E-state index contributed by atoms with van der Waals surface area (Å²) in [4.78, 5) is 0. The van der Waals surface area contributed by atoms with E-state index < -0.39 is 0 Å². The van der Waals surface area contributed by atoms with Crippen molar-refractivity contribution in [2.45, 2.75) is 46.0 Å². The Labute approximate surface area is 116 Å². The van der Waals surface area contributed by atoms with Gasteiger partial charge in [0.15, 0.2) is 0 Å². The second kappa shape index (κ2) is 6.21. The lowest BCUT2D eigenvalue weighted by atomic mass is 9.90. The number of aryl methyl sites for hydroxylation is 2. The minimum atomic E-state index is -0.268. The van der Waals surface area contributed by atoms with E-state index in [2.05, 4.69) is 29.6 Å². The zero-order chi connectivity index (χ0) is 13.7. The Kier molecular flexibility index (Phi) is 4.61. The summed E-state index contributed by atoms with van der Waals surface area (Å²) >= 11 is 0. The molecular formula is C17H24N2. The second-order valence-electron chi connectivity index (χ2n) is 6.23. The van der Waals surface area contributed by atoms with Gasteiger partial charge in [-0.1, -0.05) is 18.2 Å². The van der Waals surface area contributed by atoms with Gasteiger partial charge in [-0.05, 0) is 69.2 Å². The zero-order valence-corrected chi connectivity index (χ0v) is 12.1. The Balaban J connectivity index is 1.82. The van der Waals surface area contributed by atoms with Crippen molar-refractivity contribution in [3.63, 3.8) is 0 Å². The summed E-state index contributed by atoms with van der Waals surface area (Å²) in [7, 11) is 0. The number of rotatable bonds is 5. The monoisotopic (exact) mass is 256 g/mol. The average molecular weight is 256 g/mol. The van der Waals surface area contributed by atoms with Gasteiger partial charge >= 0.3 is 0 Å². The maximum absolute atomic E-state index is 8.95. The number of nitrogens with zero attached hydrogens (tertiary/aromatic N) is 1. The van der Waals surface area contributed by atoms with Crippen LogP contribution in [0.1, 0.15) is 43.4 Å². The standard InChI is InChI=1S/C17H24N2/c1-17(2,12-18)13-19-10-9-14-7-8-15-5-3-4-6-16(15)11-14/h7-8,11,19H,3-6,9-10,13H2,1-2H3. The van der Waals surface area contributed by atoms with Crippen molar-refractivity contribution in [2.75, 3.05) is 13.1 Å². The largest absolute Gasteiger partial charge is 0.315 e. The van der Waals surface area contributed by atoms with Crippen LogP contribution in [0.4, 0.5) is 0 Å². The van der Waals surface area contributed by atoms with E-state index in [4.69, 9.17) is 5.26 Å². The van der Waals surface area contributed by atoms with Crippen LogP contribution in [0.15, 0.2) is 18.2 Å². The van der Waals surface area contributed by atoms with Crippen molar-refractivity contribution in [2.24, 2.45) is 5.41 Å². The maximum Gasteiger partial charge on any atom is 0.0697 e. The summed E-state index contributed by atoms with van der Waals surface area (Å²) in [6.07, 6.45) is 6.24. The van der Waals surface area contributed by atoms with Crippen molar-refractivity contribution in [3.8, 4) is 6.07 Å². The molecule has 0 aliphatic heterocycles. The van der Waals surface area contributed by atoms with E-state index in [-0.39, 0.29) is 5.41 Å². The maximum atomic E-state index is 8.95. The van der Waals surface area contributed by atoms with E-state index >= 15 is 0 Å². The van der Waals surface area contributed by atoms with E-state index in [0.717, 1.165) is 19.5 Å². The SMILES string of the molecule is CC(C)(C#N)CNCCc1ccc2c(c1)CCCC2. The third-order valence-corrected chi connectivity index (χ3v) is 3.87. The Hall–Kier alpha value is -1.33. The molecule has 2 heteroatoms. The van der Waals surface area contributed by atoms with Crippen LogP contribution in [-0.4, -0.2) is 13.1 Å². The number of benzene rings is 1. The molecule has 2 rings (SSSR count). The van der Waals surface area contributed by atoms with Crippen LogP contribution < -0.4 is 5.32 Å². The van der Waals surface area contributed by atoms with Crippen LogP contribution in [0.25, 0.3) is 0 Å².